The highest BCUT2D eigenvalue weighted by Gasteiger charge is 2.14. The number of carboxylic acids is 1. The second-order valence-electron chi connectivity index (χ2n) is 2.56. The summed E-state index contributed by atoms with van der Waals surface area (Å²) in [7, 11) is 1.60. The maximum Gasteiger partial charge on any atom is 0.323 e. The number of aliphatic carboxylic acids is 1. The van der Waals surface area contributed by atoms with Crippen LogP contribution in [0.15, 0.2) is 0 Å². The molecule has 0 amide bonds. The van der Waals surface area contributed by atoms with Gasteiger partial charge in [-0.25, -0.2) is 0 Å². The largest absolute Gasteiger partial charge is 0.480 e. The first-order valence-corrected chi connectivity index (χ1v) is 3.59. The molecule has 0 aliphatic heterocycles. The zero-order valence-corrected chi connectivity index (χ0v) is 7.13. The molecule has 4 heteroatoms. The van der Waals surface area contributed by atoms with Crippen molar-refractivity contribution in [3.63, 3.8) is 0 Å². The van der Waals surface area contributed by atoms with Crippen LogP contribution in [-0.2, 0) is 9.53 Å². The Bertz CT molecular complexity index is 125. The first-order chi connectivity index (χ1) is 5.07. The molecule has 11 heavy (non-hydrogen) atoms. The van der Waals surface area contributed by atoms with Crippen LogP contribution in [0.3, 0.4) is 0 Å². The molecule has 0 aliphatic rings. The Hall–Kier alpha value is -0.610. The van der Waals surface area contributed by atoms with E-state index in [1.807, 2.05) is 13.8 Å². The highest BCUT2D eigenvalue weighted by molar-refractivity contribution is 5.73. The normalized spacial score (nSPS) is 13.5. The van der Waals surface area contributed by atoms with E-state index < -0.39 is 12.0 Å². The Labute approximate surface area is 66.5 Å². The van der Waals surface area contributed by atoms with E-state index >= 15 is 0 Å². The molecule has 0 spiro atoms. The molecule has 2 N–H and O–H groups in total. The SMILES string of the molecule is CNC(COC(C)C)C(=O)O. The summed E-state index contributed by atoms with van der Waals surface area (Å²) in [5.41, 5.74) is 0. The lowest BCUT2D eigenvalue weighted by atomic mass is 10.3. The zero-order valence-electron chi connectivity index (χ0n) is 7.13. The number of carbonyl (C=O) groups is 1. The summed E-state index contributed by atoms with van der Waals surface area (Å²) in [6, 6.07) is -0.600. The number of rotatable bonds is 5. The topological polar surface area (TPSA) is 58.6 Å². The predicted molar refractivity (Wildman–Crippen MR) is 41.6 cm³/mol. The molecular weight excluding hydrogens is 146 g/mol. The molecule has 0 saturated heterocycles. The van der Waals surface area contributed by atoms with Crippen molar-refractivity contribution >= 4 is 5.97 Å². The predicted octanol–water partition coefficient (Wildman–Crippen LogP) is 0.0840. The maximum atomic E-state index is 10.4. The van der Waals surface area contributed by atoms with Crippen LogP contribution >= 0.6 is 0 Å². The smallest absolute Gasteiger partial charge is 0.323 e. The second-order valence-corrected chi connectivity index (χ2v) is 2.56. The van der Waals surface area contributed by atoms with E-state index in [1.54, 1.807) is 7.05 Å². The fourth-order valence-electron chi connectivity index (χ4n) is 0.567. The van der Waals surface area contributed by atoms with E-state index in [-0.39, 0.29) is 12.7 Å². The first kappa shape index (κ1) is 10.4. The van der Waals surface area contributed by atoms with Gasteiger partial charge in [-0.15, -0.1) is 0 Å². The summed E-state index contributed by atoms with van der Waals surface area (Å²) >= 11 is 0. The zero-order chi connectivity index (χ0) is 8.85. The highest BCUT2D eigenvalue weighted by Crippen LogP contribution is 1.91. The van der Waals surface area contributed by atoms with Gasteiger partial charge in [0, 0.05) is 0 Å². The van der Waals surface area contributed by atoms with Gasteiger partial charge in [0.05, 0.1) is 12.7 Å². The summed E-state index contributed by atoms with van der Waals surface area (Å²) < 4.78 is 5.11. The van der Waals surface area contributed by atoms with Crippen molar-refractivity contribution in [1.29, 1.82) is 0 Å². The fraction of sp³-hybridized carbons (Fsp3) is 0.857. The van der Waals surface area contributed by atoms with E-state index in [2.05, 4.69) is 5.32 Å². The summed E-state index contributed by atoms with van der Waals surface area (Å²) in [5.74, 6) is -0.881. The minimum Gasteiger partial charge on any atom is -0.480 e. The molecule has 0 heterocycles. The van der Waals surface area contributed by atoms with Crippen LogP contribution in [0.5, 0.6) is 0 Å². The molecule has 0 aromatic heterocycles. The highest BCUT2D eigenvalue weighted by atomic mass is 16.5. The van der Waals surface area contributed by atoms with Gasteiger partial charge in [0.15, 0.2) is 0 Å². The number of likely N-dealkylation sites (N-methyl/N-ethyl adjacent to an activating group) is 1. The van der Waals surface area contributed by atoms with Crippen LogP contribution in [0.25, 0.3) is 0 Å². The molecule has 0 radical (unpaired) electrons. The molecule has 0 fully saturated rings. The van der Waals surface area contributed by atoms with Gasteiger partial charge in [0.25, 0.3) is 0 Å². The molecule has 66 valence electrons. The van der Waals surface area contributed by atoms with Gasteiger partial charge < -0.3 is 15.2 Å². The Kier molecular flexibility index (Phi) is 4.81. The minimum atomic E-state index is -0.881. The minimum absolute atomic E-state index is 0.0743. The lowest BCUT2D eigenvalue weighted by molar-refractivity contribution is -0.141. The average molecular weight is 161 g/mol. The molecule has 0 aliphatic carbocycles. The van der Waals surface area contributed by atoms with Crippen molar-refractivity contribution in [3.8, 4) is 0 Å². The number of ether oxygens (including phenoxy) is 1. The third-order valence-corrected chi connectivity index (χ3v) is 1.24. The number of hydrogen-bond acceptors (Lipinski definition) is 3. The average Bonchev–Trinajstić information content (AvgIpc) is 1.87. The standard InChI is InChI=1S/C7H15NO3/c1-5(2)11-4-6(8-3)7(9)10/h5-6,8H,4H2,1-3H3,(H,9,10). The summed E-state index contributed by atoms with van der Waals surface area (Å²) in [4.78, 5) is 10.4. The summed E-state index contributed by atoms with van der Waals surface area (Å²) in [6.07, 6.45) is 0.0743. The first-order valence-electron chi connectivity index (χ1n) is 3.59. The van der Waals surface area contributed by atoms with Crippen LogP contribution < -0.4 is 5.32 Å². The van der Waals surface area contributed by atoms with Gasteiger partial charge in [-0.05, 0) is 20.9 Å². The third kappa shape index (κ3) is 4.75. The van der Waals surface area contributed by atoms with Gasteiger partial charge in [-0.3, -0.25) is 4.79 Å². The number of carboxylic acid groups (broad SMARTS) is 1. The number of hydrogen-bond donors (Lipinski definition) is 2. The molecule has 0 aromatic rings. The van der Waals surface area contributed by atoms with Crippen molar-refractivity contribution in [3.05, 3.63) is 0 Å². The van der Waals surface area contributed by atoms with Crippen molar-refractivity contribution in [2.75, 3.05) is 13.7 Å². The third-order valence-electron chi connectivity index (χ3n) is 1.24. The lowest BCUT2D eigenvalue weighted by Crippen LogP contribution is -2.38. The van der Waals surface area contributed by atoms with Crippen LogP contribution in [0.4, 0.5) is 0 Å². The fourth-order valence-corrected chi connectivity index (χ4v) is 0.567. The Morgan fingerprint density at radius 3 is 2.45 bits per heavy atom. The number of nitrogens with one attached hydrogen (secondary N) is 1. The monoisotopic (exact) mass is 161 g/mol. The quantitative estimate of drug-likeness (QED) is 0.599. The van der Waals surface area contributed by atoms with Gasteiger partial charge in [-0.2, -0.15) is 0 Å². The molecule has 4 nitrogen and oxygen atoms in total. The van der Waals surface area contributed by atoms with Crippen LogP contribution in [0.1, 0.15) is 13.8 Å². The summed E-state index contributed by atoms with van der Waals surface area (Å²) in [5, 5.41) is 11.2. The van der Waals surface area contributed by atoms with Crippen molar-refractivity contribution < 1.29 is 14.6 Å². The van der Waals surface area contributed by atoms with Gasteiger partial charge in [-0.1, -0.05) is 0 Å². The van der Waals surface area contributed by atoms with E-state index in [1.165, 1.54) is 0 Å². The van der Waals surface area contributed by atoms with Crippen molar-refractivity contribution in [2.45, 2.75) is 26.0 Å². The molecule has 0 saturated carbocycles. The maximum absolute atomic E-state index is 10.4. The van der Waals surface area contributed by atoms with Crippen molar-refractivity contribution in [2.24, 2.45) is 0 Å². The molecule has 0 aromatic carbocycles. The Balaban J connectivity index is 3.61. The van der Waals surface area contributed by atoms with Crippen LogP contribution in [0.2, 0.25) is 0 Å². The van der Waals surface area contributed by atoms with E-state index in [9.17, 15) is 4.79 Å². The molecule has 1 unspecified atom stereocenters. The van der Waals surface area contributed by atoms with Crippen LogP contribution in [-0.4, -0.2) is 36.9 Å². The molecule has 0 rings (SSSR count). The lowest BCUT2D eigenvalue weighted by Gasteiger charge is -2.13. The summed E-state index contributed by atoms with van der Waals surface area (Å²) in [6.45, 7) is 3.95. The van der Waals surface area contributed by atoms with Crippen molar-refractivity contribution in [1.82, 2.24) is 5.32 Å². The molecule has 1 atom stereocenters. The van der Waals surface area contributed by atoms with Gasteiger partial charge in [0.2, 0.25) is 0 Å². The van der Waals surface area contributed by atoms with E-state index in [4.69, 9.17) is 9.84 Å². The Morgan fingerprint density at radius 1 is 1.64 bits per heavy atom. The second kappa shape index (κ2) is 5.09. The van der Waals surface area contributed by atoms with Crippen LogP contribution in [0, 0.1) is 0 Å². The molecule has 0 bridgehead atoms. The van der Waals surface area contributed by atoms with Gasteiger partial charge >= 0.3 is 5.97 Å². The molecular formula is C7H15NO3. The van der Waals surface area contributed by atoms with Gasteiger partial charge in [0.1, 0.15) is 6.04 Å². The van der Waals surface area contributed by atoms with E-state index in [0.29, 0.717) is 0 Å². The van der Waals surface area contributed by atoms with E-state index in [0.717, 1.165) is 0 Å². The Morgan fingerprint density at radius 2 is 2.18 bits per heavy atom.